The number of ether oxygens (including phenoxy) is 5. The SMILES string of the molecule is Cc1cc(C)cc(NC(=O)[C@@H]2O[C@H]3OC(C)(C)O[C@@H]3[C@H]3OC(C)(C)O[C@H]32)c1. The average molecular weight is 377 g/mol. The van der Waals surface area contributed by atoms with E-state index in [0.717, 1.165) is 16.8 Å². The lowest BCUT2D eigenvalue weighted by Crippen LogP contribution is -2.58. The van der Waals surface area contributed by atoms with E-state index in [9.17, 15) is 4.79 Å². The number of aryl methyl sites for hydroxylation is 2. The van der Waals surface area contributed by atoms with Gasteiger partial charge < -0.3 is 29.0 Å². The van der Waals surface area contributed by atoms with E-state index in [1.54, 1.807) is 0 Å². The molecular weight excluding hydrogens is 350 g/mol. The third kappa shape index (κ3) is 3.62. The van der Waals surface area contributed by atoms with Gasteiger partial charge in [-0.2, -0.15) is 0 Å². The number of hydrogen-bond acceptors (Lipinski definition) is 6. The molecule has 1 amide bonds. The van der Waals surface area contributed by atoms with Crippen LogP contribution in [0.25, 0.3) is 0 Å². The van der Waals surface area contributed by atoms with Crippen LogP contribution >= 0.6 is 0 Å². The minimum atomic E-state index is -0.864. The Balaban J connectivity index is 1.59. The molecule has 7 nitrogen and oxygen atoms in total. The predicted molar refractivity (Wildman–Crippen MR) is 97.1 cm³/mol. The van der Waals surface area contributed by atoms with Gasteiger partial charge in [-0.1, -0.05) is 6.07 Å². The van der Waals surface area contributed by atoms with E-state index >= 15 is 0 Å². The molecule has 0 aliphatic carbocycles. The second kappa shape index (κ2) is 6.25. The zero-order valence-electron chi connectivity index (χ0n) is 16.6. The van der Waals surface area contributed by atoms with Crippen molar-refractivity contribution in [3.63, 3.8) is 0 Å². The molecule has 3 aliphatic rings. The highest BCUT2D eigenvalue weighted by atomic mass is 16.9. The molecular formula is C20H27NO6. The van der Waals surface area contributed by atoms with Crippen molar-refractivity contribution in [2.24, 2.45) is 0 Å². The van der Waals surface area contributed by atoms with Gasteiger partial charge in [0.2, 0.25) is 0 Å². The summed E-state index contributed by atoms with van der Waals surface area (Å²) in [5.74, 6) is -1.93. The maximum Gasteiger partial charge on any atom is 0.256 e. The molecule has 4 rings (SSSR count). The van der Waals surface area contributed by atoms with Crippen LogP contribution in [0.5, 0.6) is 0 Å². The van der Waals surface area contributed by atoms with Gasteiger partial charge in [-0.05, 0) is 64.8 Å². The molecule has 7 heteroatoms. The van der Waals surface area contributed by atoms with Crippen LogP contribution in [-0.4, -0.2) is 48.2 Å². The smallest absolute Gasteiger partial charge is 0.256 e. The third-order valence-electron chi connectivity index (χ3n) is 4.90. The van der Waals surface area contributed by atoms with E-state index in [2.05, 4.69) is 11.4 Å². The Morgan fingerprint density at radius 2 is 1.41 bits per heavy atom. The molecule has 0 aromatic heterocycles. The minimum absolute atomic E-state index is 0.289. The Hall–Kier alpha value is -1.51. The second-order valence-electron chi connectivity index (χ2n) is 8.46. The number of fused-ring (bicyclic) bond motifs is 3. The Labute approximate surface area is 159 Å². The lowest BCUT2D eigenvalue weighted by atomic mass is 9.98. The van der Waals surface area contributed by atoms with Gasteiger partial charge >= 0.3 is 0 Å². The van der Waals surface area contributed by atoms with Gasteiger partial charge in [0.15, 0.2) is 24.0 Å². The Bertz CT molecular complexity index is 741. The lowest BCUT2D eigenvalue weighted by Gasteiger charge is -2.36. The summed E-state index contributed by atoms with van der Waals surface area (Å²) < 4.78 is 29.8. The summed E-state index contributed by atoms with van der Waals surface area (Å²) in [6, 6.07) is 5.89. The fraction of sp³-hybridized carbons (Fsp3) is 0.650. The number of nitrogens with one attached hydrogen (secondary N) is 1. The summed E-state index contributed by atoms with van der Waals surface area (Å²) in [6.07, 6.45) is -3.03. The van der Waals surface area contributed by atoms with E-state index < -0.39 is 42.3 Å². The first-order valence-electron chi connectivity index (χ1n) is 9.29. The number of carbonyl (C=O) groups excluding carboxylic acids is 1. The summed E-state index contributed by atoms with van der Waals surface area (Å²) in [5.41, 5.74) is 2.87. The molecule has 1 aromatic carbocycles. The molecule has 3 saturated heterocycles. The van der Waals surface area contributed by atoms with Crippen molar-refractivity contribution in [3.05, 3.63) is 29.3 Å². The van der Waals surface area contributed by atoms with Crippen LogP contribution in [0.15, 0.2) is 18.2 Å². The number of benzene rings is 1. The van der Waals surface area contributed by atoms with Crippen LogP contribution in [-0.2, 0) is 28.5 Å². The van der Waals surface area contributed by atoms with Gasteiger partial charge in [0.05, 0.1) is 0 Å². The molecule has 0 saturated carbocycles. The van der Waals surface area contributed by atoms with Crippen molar-refractivity contribution in [2.45, 2.75) is 83.8 Å². The molecule has 1 aromatic rings. The summed E-state index contributed by atoms with van der Waals surface area (Å²) in [7, 11) is 0. The summed E-state index contributed by atoms with van der Waals surface area (Å²) in [6.45, 7) is 11.2. The average Bonchev–Trinajstić information content (AvgIpc) is 2.99. The molecule has 3 fully saturated rings. The van der Waals surface area contributed by atoms with E-state index in [-0.39, 0.29) is 5.91 Å². The topological polar surface area (TPSA) is 75.3 Å². The number of anilines is 1. The molecule has 3 heterocycles. The largest absolute Gasteiger partial charge is 0.342 e. The van der Waals surface area contributed by atoms with Crippen LogP contribution in [0.2, 0.25) is 0 Å². The predicted octanol–water partition coefficient (Wildman–Crippen LogP) is 2.64. The van der Waals surface area contributed by atoms with Crippen LogP contribution < -0.4 is 5.32 Å². The Morgan fingerprint density at radius 1 is 0.852 bits per heavy atom. The maximum atomic E-state index is 13.0. The first-order chi connectivity index (χ1) is 12.5. The fourth-order valence-electron chi connectivity index (χ4n) is 4.08. The van der Waals surface area contributed by atoms with E-state index in [1.807, 2.05) is 53.7 Å². The molecule has 0 radical (unpaired) electrons. The minimum Gasteiger partial charge on any atom is -0.342 e. The molecule has 27 heavy (non-hydrogen) atoms. The van der Waals surface area contributed by atoms with Crippen LogP contribution in [0.3, 0.4) is 0 Å². The van der Waals surface area contributed by atoms with Gasteiger partial charge in [0.25, 0.3) is 5.91 Å². The van der Waals surface area contributed by atoms with E-state index in [4.69, 9.17) is 23.7 Å². The highest BCUT2D eigenvalue weighted by Gasteiger charge is 2.62. The quantitative estimate of drug-likeness (QED) is 0.854. The molecule has 1 N–H and O–H groups in total. The van der Waals surface area contributed by atoms with Crippen LogP contribution in [0.4, 0.5) is 5.69 Å². The molecule has 0 bridgehead atoms. The lowest BCUT2D eigenvalue weighted by molar-refractivity contribution is -0.229. The monoisotopic (exact) mass is 377 g/mol. The van der Waals surface area contributed by atoms with E-state index in [1.165, 1.54) is 0 Å². The highest BCUT2D eigenvalue weighted by molar-refractivity contribution is 5.95. The summed E-state index contributed by atoms with van der Waals surface area (Å²) >= 11 is 0. The first kappa shape index (κ1) is 18.8. The molecule has 5 atom stereocenters. The van der Waals surface area contributed by atoms with Gasteiger partial charge in [0.1, 0.15) is 18.3 Å². The standard InChI is InChI=1S/C20H27NO6/c1-10-7-11(2)9-12(8-10)21-17(22)15-13-14(25-19(3,4)24-13)16-18(23-15)27-20(5,6)26-16/h7-9,13-16,18H,1-6H3,(H,21,22)/t13-,14+,15-,16-,18+/m1/s1. The Morgan fingerprint density at radius 3 is 2.07 bits per heavy atom. The third-order valence-corrected chi connectivity index (χ3v) is 4.90. The second-order valence-corrected chi connectivity index (χ2v) is 8.46. The van der Waals surface area contributed by atoms with Gasteiger partial charge in [0, 0.05) is 5.69 Å². The van der Waals surface area contributed by atoms with E-state index in [0.29, 0.717) is 0 Å². The number of hydrogen-bond donors (Lipinski definition) is 1. The molecule has 148 valence electrons. The number of rotatable bonds is 2. The fourth-order valence-corrected chi connectivity index (χ4v) is 4.08. The van der Waals surface area contributed by atoms with Gasteiger partial charge in [-0.25, -0.2) is 0 Å². The van der Waals surface area contributed by atoms with Crippen LogP contribution in [0, 0.1) is 13.8 Å². The maximum absolute atomic E-state index is 13.0. The zero-order chi connectivity index (χ0) is 19.6. The van der Waals surface area contributed by atoms with Crippen molar-refractivity contribution in [1.82, 2.24) is 0 Å². The van der Waals surface area contributed by atoms with Crippen LogP contribution in [0.1, 0.15) is 38.8 Å². The molecule has 0 unspecified atom stereocenters. The van der Waals surface area contributed by atoms with Gasteiger partial charge in [-0.15, -0.1) is 0 Å². The Kier molecular flexibility index (Phi) is 4.36. The molecule has 3 aliphatic heterocycles. The van der Waals surface area contributed by atoms with Crippen molar-refractivity contribution in [2.75, 3.05) is 5.32 Å². The summed E-state index contributed by atoms with van der Waals surface area (Å²) in [4.78, 5) is 13.0. The normalized spacial score (nSPS) is 36.1. The zero-order valence-corrected chi connectivity index (χ0v) is 16.6. The van der Waals surface area contributed by atoms with Crippen molar-refractivity contribution < 1.29 is 28.5 Å². The first-order valence-corrected chi connectivity index (χ1v) is 9.29. The highest BCUT2D eigenvalue weighted by Crippen LogP contribution is 2.44. The number of carbonyl (C=O) groups is 1. The van der Waals surface area contributed by atoms with Gasteiger partial charge in [-0.3, -0.25) is 4.79 Å². The van der Waals surface area contributed by atoms with Crippen molar-refractivity contribution in [3.8, 4) is 0 Å². The summed E-state index contributed by atoms with van der Waals surface area (Å²) in [5, 5.41) is 2.94. The van der Waals surface area contributed by atoms with Crippen molar-refractivity contribution >= 4 is 11.6 Å². The molecule has 0 spiro atoms. The number of amides is 1. The van der Waals surface area contributed by atoms with Crippen molar-refractivity contribution in [1.29, 1.82) is 0 Å².